The van der Waals surface area contributed by atoms with Crippen LogP contribution in [0.2, 0.25) is 0 Å². The fraction of sp³-hybridized carbons (Fsp3) is 0.440. The van der Waals surface area contributed by atoms with E-state index in [9.17, 15) is 40.8 Å². The number of benzene rings is 2. The molecular weight excluding hydrogens is 504 g/mol. The SMILES string of the molecule is CC1C(=O)C(N2CCCC2)c2c(C(=O)N(C)Cc3cc(C(F)(F)F)cc(C(F)(F)F)c3)cccc2[N+]1=O. The first-order valence-electron chi connectivity index (χ1n) is 11.6. The topological polar surface area (TPSA) is 60.7 Å². The summed E-state index contributed by atoms with van der Waals surface area (Å²) in [6.07, 6.45) is -8.37. The van der Waals surface area contributed by atoms with Gasteiger partial charge in [0.25, 0.3) is 17.6 Å². The van der Waals surface area contributed by atoms with Gasteiger partial charge in [-0.3, -0.25) is 14.5 Å². The predicted molar refractivity (Wildman–Crippen MR) is 120 cm³/mol. The number of halogens is 6. The molecule has 0 aliphatic carbocycles. The van der Waals surface area contributed by atoms with Gasteiger partial charge in [0.1, 0.15) is 6.04 Å². The Bertz CT molecular complexity index is 1220. The van der Waals surface area contributed by atoms with Crippen LogP contribution >= 0.6 is 0 Å². The summed E-state index contributed by atoms with van der Waals surface area (Å²) in [7, 11) is 1.24. The number of amides is 1. The van der Waals surface area contributed by atoms with E-state index >= 15 is 0 Å². The number of likely N-dealkylation sites (tertiary alicyclic amines) is 1. The van der Waals surface area contributed by atoms with Gasteiger partial charge in [0.15, 0.2) is 0 Å². The fourth-order valence-corrected chi connectivity index (χ4v) is 4.94. The molecule has 1 fully saturated rings. The smallest absolute Gasteiger partial charge is 0.337 e. The lowest BCUT2D eigenvalue weighted by Crippen LogP contribution is -2.45. The first-order valence-corrected chi connectivity index (χ1v) is 11.6. The number of fused-ring (bicyclic) bond motifs is 1. The number of Topliss-reactive ketones (excluding diaryl/α,β-unsaturated/α-hetero) is 1. The summed E-state index contributed by atoms with van der Waals surface area (Å²) in [5.74, 6) is -1.11. The van der Waals surface area contributed by atoms with Crippen LogP contribution in [0.25, 0.3) is 0 Å². The number of hydrogen-bond donors (Lipinski definition) is 0. The lowest BCUT2D eigenvalue weighted by Gasteiger charge is -2.31. The monoisotopic (exact) mass is 528 g/mol. The second-order valence-corrected chi connectivity index (χ2v) is 9.36. The normalized spacial score (nSPS) is 20.8. The van der Waals surface area contributed by atoms with Crippen LogP contribution in [0.15, 0.2) is 36.4 Å². The second kappa shape index (κ2) is 9.55. The highest BCUT2D eigenvalue weighted by Crippen LogP contribution is 2.41. The van der Waals surface area contributed by atoms with Crippen molar-refractivity contribution in [2.24, 2.45) is 0 Å². The molecule has 0 radical (unpaired) electrons. The Balaban J connectivity index is 1.73. The minimum atomic E-state index is -5.02. The van der Waals surface area contributed by atoms with Gasteiger partial charge in [-0.05, 0) is 55.8 Å². The summed E-state index contributed by atoms with van der Waals surface area (Å²) in [6.45, 7) is 2.09. The molecule has 6 nitrogen and oxygen atoms in total. The molecular formula is C25H24F6N3O3+. The standard InChI is InChI=1S/C25H24F6N3O3/c1-14-22(35)21(33-8-3-4-9-33)20-18(6-5-7-19(20)34(14)37)23(36)32(2)13-15-10-16(24(26,27)28)12-17(11-15)25(29,30)31/h5-7,10-12,14,21H,3-4,8-9,13H2,1-2H3/q+1. The summed E-state index contributed by atoms with van der Waals surface area (Å²) in [6, 6.07) is 3.69. The summed E-state index contributed by atoms with van der Waals surface area (Å²) in [4.78, 5) is 42.3. The molecule has 0 bridgehead atoms. The van der Waals surface area contributed by atoms with Crippen molar-refractivity contribution in [2.75, 3.05) is 20.1 Å². The highest BCUT2D eigenvalue weighted by molar-refractivity contribution is 6.01. The average Bonchev–Trinajstić information content (AvgIpc) is 3.35. The number of rotatable bonds is 4. The molecule has 37 heavy (non-hydrogen) atoms. The Morgan fingerprint density at radius 1 is 1.03 bits per heavy atom. The Morgan fingerprint density at radius 3 is 2.14 bits per heavy atom. The number of carbonyl (C=O) groups is 2. The van der Waals surface area contributed by atoms with Gasteiger partial charge in [-0.1, -0.05) is 6.07 Å². The van der Waals surface area contributed by atoms with E-state index in [1.54, 1.807) is 0 Å². The van der Waals surface area contributed by atoms with Crippen LogP contribution in [0, 0.1) is 4.91 Å². The van der Waals surface area contributed by atoms with Crippen LogP contribution < -0.4 is 0 Å². The van der Waals surface area contributed by atoms with Crippen molar-refractivity contribution in [1.29, 1.82) is 0 Å². The maximum absolute atomic E-state index is 13.5. The van der Waals surface area contributed by atoms with E-state index in [0.717, 1.165) is 17.7 Å². The maximum atomic E-state index is 13.5. The van der Waals surface area contributed by atoms with E-state index in [0.29, 0.717) is 30.0 Å². The summed E-state index contributed by atoms with van der Waals surface area (Å²) in [5, 5.41) is 0. The molecule has 0 aromatic heterocycles. The molecule has 12 heteroatoms. The Hall–Kier alpha value is -3.28. The first-order chi connectivity index (χ1) is 17.2. The van der Waals surface area contributed by atoms with Gasteiger partial charge < -0.3 is 4.90 Å². The van der Waals surface area contributed by atoms with Crippen molar-refractivity contribution in [3.63, 3.8) is 0 Å². The van der Waals surface area contributed by atoms with Gasteiger partial charge in [0.2, 0.25) is 5.78 Å². The number of carbonyl (C=O) groups excluding carboxylic acids is 2. The van der Waals surface area contributed by atoms with Crippen LogP contribution in [-0.4, -0.2) is 52.4 Å². The molecule has 2 atom stereocenters. The molecule has 4 rings (SSSR count). The third-order valence-electron chi connectivity index (χ3n) is 6.78. The molecule has 2 aromatic rings. The largest absolute Gasteiger partial charge is 0.416 e. The zero-order valence-electron chi connectivity index (χ0n) is 20.0. The lowest BCUT2D eigenvalue weighted by atomic mass is 9.87. The van der Waals surface area contributed by atoms with Crippen molar-refractivity contribution in [3.8, 4) is 0 Å². The van der Waals surface area contributed by atoms with E-state index in [-0.39, 0.29) is 34.2 Å². The second-order valence-electron chi connectivity index (χ2n) is 9.36. The van der Waals surface area contributed by atoms with Crippen molar-refractivity contribution in [2.45, 2.75) is 50.7 Å². The van der Waals surface area contributed by atoms with Crippen LogP contribution in [-0.2, 0) is 23.7 Å². The van der Waals surface area contributed by atoms with Crippen molar-refractivity contribution in [1.82, 2.24) is 9.80 Å². The van der Waals surface area contributed by atoms with E-state index in [1.165, 1.54) is 32.2 Å². The quantitative estimate of drug-likeness (QED) is 0.388. The Labute approximate surface area is 208 Å². The number of ketones is 1. The van der Waals surface area contributed by atoms with Crippen molar-refractivity contribution < 1.29 is 40.7 Å². The van der Waals surface area contributed by atoms with Gasteiger partial charge in [-0.25, -0.2) is 0 Å². The number of nitroso groups, excluding NO2 is 1. The minimum absolute atomic E-state index is 0.000945. The van der Waals surface area contributed by atoms with E-state index in [2.05, 4.69) is 0 Å². The molecule has 2 aliphatic rings. The third kappa shape index (κ3) is 5.11. The zero-order chi connectivity index (χ0) is 27.3. The highest BCUT2D eigenvalue weighted by Gasteiger charge is 2.49. The lowest BCUT2D eigenvalue weighted by molar-refractivity contribution is -0.491. The molecule has 0 saturated carbocycles. The molecule has 1 saturated heterocycles. The number of alkyl halides is 6. The summed E-state index contributed by atoms with van der Waals surface area (Å²) < 4.78 is 80.1. The Kier molecular flexibility index (Phi) is 6.91. The molecule has 0 N–H and O–H groups in total. The average molecular weight is 528 g/mol. The highest BCUT2D eigenvalue weighted by atomic mass is 19.4. The first kappa shape index (κ1) is 26.8. The molecule has 1 amide bonds. The van der Waals surface area contributed by atoms with Gasteiger partial charge in [0.05, 0.1) is 22.3 Å². The van der Waals surface area contributed by atoms with Gasteiger partial charge in [-0.2, -0.15) is 26.3 Å². The van der Waals surface area contributed by atoms with E-state index in [4.69, 9.17) is 0 Å². The minimum Gasteiger partial charge on any atom is -0.337 e. The molecule has 198 valence electrons. The van der Waals surface area contributed by atoms with E-state index < -0.39 is 48.0 Å². The molecule has 2 unspecified atom stereocenters. The molecule has 2 aromatic carbocycles. The van der Waals surface area contributed by atoms with Gasteiger partial charge in [-0.15, -0.1) is 0 Å². The molecule has 2 aliphatic heterocycles. The number of nitrogens with zero attached hydrogens (tertiary/aromatic N) is 3. The summed E-state index contributed by atoms with van der Waals surface area (Å²) >= 11 is 0. The van der Waals surface area contributed by atoms with E-state index in [1.807, 2.05) is 4.90 Å². The van der Waals surface area contributed by atoms with Crippen LogP contribution in [0.4, 0.5) is 32.0 Å². The number of hydrogen-bond acceptors (Lipinski definition) is 4. The molecule has 0 spiro atoms. The Morgan fingerprint density at radius 2 is 1.59 bits per heavy atom. The third-order valence-corrected chi connectivity index (χ3v) is 6.78. The van der Waals surface area contributed by atoms with Crippen molar-refractivity contribution in [3.05, 3.63) is 69.1 Å². The predicted octanol–water partition coefficient (Wildman–Crippen LogP) is 5.51. The fourth-order valence-electron chi connectivity index (χ4n) is 4.94. The van der Waals surface area contributed by atoms with Gasteiger partial charge in [0, 0.05) is 36.2 Å². The summed E-state index contributed by atoms with van der Waals surface area (Å²) in [5.41, 5.74) is -2.98. The van der Waals surface area contributed by atoms with Gasteiger partial charge >= 0.3 is 12.4 Å². The van der Waals surface area contributed by atoms with Crippen molar-refractivity contribution >= 4 is 17.4 Å². The van der Waals surface area contributed by atoms with Crippen LogP contribution in [0.5, 0.6) is 0 Å². The molecule has 2 heterocycles. The van der Waals surface area contributed by atoms with Crippen LogP contribution in [0.1, 0.15) is 58.4 Å². The maximum Gasteiger partial charge on any atom is 0.416 e. The van der Waals surface area contributed by atoms with Crippen LogP contribution in [0.3, 0.4) is 0 Å². The zero-order valence-corrected chi connectivity index (χ0v) is 20.0.